The molecule has 1 aliphatic heterocycles. The van der Waals surface area contributed by atoms with Crippen LogP contribution in [0.1, 0.15) is 31.4 Å². The molecule has 3 rings (SSSR count). The highest BCUT2D eigenvalue weighted by atomic mass is 32.2. The fraction of sp³-hybridized carbons (Fsp3) is 0.440. The Morgan fingerprint density at radius 2 is 1.80 bits per heavy atom. The summed E-state index contributed by atoms with van der Waals surface area (Å²) in [6.07, 6.45) is 1.80. The van der Waals surface area contributed by atoms with Crippen molar-refractivity contribution in [2.45, 2.75) is 39.8 Å². The molecule has 0 spiro atoms. The predicted molar refractivity (Wildman–Crippen MR) is 134 cm³/mol. The van der Waals surface area contributed by atoms with E-state index in [1.165, 1.54) is 4.90 Å². The van der Waals surface area contributed by atoms with Gasteiger partial charge in [-0.15, -0.1) is 0 Å². The number of nitrogens with zero attached hydrogens (tertiary/aromatic N) is 2. The Kier molecular flexibility index (Phi) is 8.61. The van der Waals surface area contributed by atoms with Gasteiger partial charge in [0.25, 0.3) is 0 Å². The van der Waals surface area contributed by atoms with Crippen LogP contribution in [-0.2, 0) is 26.2 Å². The monoisotopic (exact) mass is 503 g/mol. The number of aryl methyl sites for hydroxylation is 1. The van der Waals surface area contributed by atoms with Gasteiger partial charge in [0, 0.05) is 19.2 Å². The van der Waals surface area contributed by atoms with Gasteiger partial charge in [-0.25, -0.2) is 8.42 Å². The molecule has 1 N–H and O–H groups in total. The molecule has 0 saturated carbocycles. The molecule has 2 aromatic carbocycles. The van der Waals surface area contributed by atoms with Gasteiger partial charge in [-0.3, -0.25) is 13.9 Å². The lowest BCUT2D eigenvalue weighted by Gasteiger charge is -2.32. The first-order valence-corrected chi connectivity index (χ1v) is 13.4. The topological polar surface area (TPSA) is 105 Å². The number of fused-ring (bicyclic) bond motifs is 1. The van der Waals surface area contributed by atoms with Gasteiger partial charge in [-0.2, -0.15) is 0 Å². The molecular formula is C25H33N3O6S. The lowest BCUT2D eigenvalue weighted by molar-refractivity contribution is -0.139. The van der Waals surface area contributed by atoms with Crippen LogP contribution in [0, 0.1) is 6.92 Å². The third-order valence-electron chi connectivity index (χ3n) is 5.64. The van der Waals surface area contributed by atoms with Crippen molar-refractivity contribution in [2.24, 2.45) is 0 Å². The third-order valence-corrected chi connectivity index (χ3v) is 6.79. The SMILES string of the molecule is CCCNC(=O)[C@H](C)N(Cc1cccc(C)c1)C(=O)CN(c1ccc2c(c1)OCCO2)S(C)(=O)=O. The summed E-state index contributed by atoms with van der Waals surface area (Å²) in [7, 11) is -3.82. The van der Waals surface area contributed by atoms with E-state index in [-0.39, 0.29) is 18.1 Å². The van der Waals surface area contributed by atoms with Gasteiger partial charge < -0.3 is 19.7 Å². The second-order valence-corrected chi connectivity index (χ2v) is 10.5. The maximum Gasteiger partial charge on any atom is 0.244 e. The third kappa shape index (κ3) is 6.88. The number of carbonyl (C=O) groups excluding carboxylic acids is 2. The van der Waals surface area contributed by atoms with Crippen LogP contribution < -0.4 is 19.1 Å². The highest BCUT2D eigenvalue weighted by Crippen LogP contribution is 2.34. The number of hydrogen-bond acceptors (Lipinski definition) is 6. The molecule has 1 atom stereocenters. The molecule has 2 amide bonds. The molecule has 0 saturated heterocycles. The van der Waals surface area contributed by atoms with Crippen LogP contribution in [0.15, 0.2) is 42.5 Å². The molecule has 1 aliphatic rings. The summed E-state index contributed by atoms with van der Waals surface area (Å²) in [4.78, 5) is 27.7. The highest BCUT2D eigenvalue weighted by Gasteiger charge is 2.30. The van der Waals surface area contributed by atoms with Crippen molar-refractivity contribution in [1.82, 2.24) is 10.2 Å². The second kappa shape index (κ2) is 11.4. The number of nitrogens with one attached hydrogen (secondary N) is 1. The van der Waals surface area contributed by atoms with E-state index in [0.717, 1.165) is 28.1 Å². The van der Waals surface area contributed by atoms with Crippen LogP contribution in [0.3, 0.4) is 0 Å². The molecular weight excluding hydrogens is 470 g/mol. The summed E-state index contributed by atoms with van der Waals surface area (Å²) in [5, 5.41) is 2.82. The first-order chi connectivity index (χ1) is 16.6. The summed E-state index contributed by atoms with van der Waals surface area (Å²) >= 11 is 0. The quantitative estimate of drug-likeness (QED) is 0.534. The van der Waals surface area contributed by atoms with Gasteiger partial charge >= 0.3 is 0 Å². The number of ether oxygens (including phenoxy) is 2. The molecule has 0 bridgehead atoms. The van der Waals surface area contributed by atoms with Gasteiger partial charge in [0.05, 0.1) is 11.9 Å². The van der Waals surface area contributed by atoms with E-state index in [2.05, 4.69) is 5.32 Å². The van der Waals surface area contributed by atoms with Crippen molar-refractivity contribution in [3.8, 4) is 11.5 Å². The average molecular weight is 504 g/mol. The molecule has 1 heterocycles. The Morgan fingerprint density at radius 3 is 2.46 bits per heavy atom. The second-order valence-electron chi connectivity index (χ2n) is 8.58. The maximum absolute atomic E-state index is 13.6. The van der Waals surface area contributed by atoms with Crippen molar-refractivity contribution >= 4 is 27.5 Å². The molecule has 0 unspecified atom stereocenters. The normalized spacial score (nSPS) is 13.6. The van der Waals surface area contributed by atoms with Crippen molar-refractivity contribution in [3.05, 3.63) is 53.6 Å². The molecule has 0 aromatic heterocycles. The molecule has 35 heavy (non-hydrogen) atoms. The van der Waals surface area contributed by atoms with Crippen LogP contribution >= 0.6 is 0 Å². The Labute approximate surface area is 207 Å². The van der Waals surface area contributed by atoms with Crippen molar-refractivity contribution < 1.29 is 27.5 Å². The van der Waals surface area contributed by atoms with E-state index in [9.17, 15) is 18.0 Å². The van der Waals surface area contributed by atoms with E-state index < -0.39 is 28.5 Å². The molecule has 0 radical (unpaired) electrons. The molecule has 0 aliphatic carbocycles. The minimum atomic E-state index is -3.82. The molecule has 190 valence electrons. The lowest BCUT2D eigenvalue weighted by atomic mass is 10.1. The van der Waals surface area contributed by atoms with Crippen LogP contribution in [0.25, 0.3) is 0 Å². The van der Waals surface area contributed by atoms with Crippen LogP contribution in [0.2, 0.25) is 0 Å². The number of carbonyl (C=O) groups is 2. The Morgan fingerprint density at radius 1 is 1.09 bits per heavy atom. The molecule has 0 fully saturated rings. The Balaban J connectivity index is 1.90. The zero-order chi connectivity index (χ0) is 25.6. The average Bonchev–Trinajstić information content (AvgIpc) is 2.82. The number of sulfonamides is 1. The zero-order valence-corrected chi connectivity index (χ0v) is 21.4. The molecule has 10 heteroatoms. The summed E-state index contributed by atoms with van der Waals surface area (Å²) in [6.45, 7) is 6.49. The zero-order valence-electron chi connectivity index (χ0n) is 20.6. The van der Waals surface area contributed by atoms with Gasteiger partial charge in [-0.1, -0.05) is 36.8 Å². The highest BCUT2D eigenvalue weighted by molar-refractivity contribution is 7.92. The summed E-state index contributed by atoms with van der Waals surface area (Å²) in [6, 6.07) is 11.6. The first kappa shape index (κ1) is 26.3. The van der Waals surface area contributed by atoms with Gasteiger partial charge in [-0.05, 0) is 38.0 Å². The standard InChI is InChI=1S/C25H33N3O6S/c1-5-11-26-25(30)19(3)27(16-20-8-6-7-18(2)14-20)24(29)17-28(35(4,31)32)21-9-10-22-23(15-21)34-13-12-33-22/h6-10,14-15,19H,5,11-13,16-17H2,1-4H3,(H,26,30)/t19-/m0/s1. The maximum atomic E-state index is 13.6. The van der Waals surface area contributed by atoms with E-state index in [0.29, 0.717) is 31.3 Å². The number of anilines is 1. The number of benzene rings is 2. The van der Waals surface area contributed by atoms with Crippen molar-refractivity contribution in [2.75, 3.05) is 36.9 Å². The fourth-order valence-corrected chi connectivity index (χ4v) is 4.63. The number of amides is 2. The summed E-state index contributed by atoms with van der Waals surface area (Å²) in [5.74, 6) is 0.143. The fourth-order valence-electron chi connectivity index (χ4n) is 3.79. The summed E-state index contributed by atoms with van der Waals surface area (Å²) in [5.41, 5.74) is 2.15. The minimum absolute atomic E-state index is 0.167. The number of rotatable bonds is 10. The smallest absolute Gasteiger partial charge is 0.244 e. The van der Waals surface area contributed by atoms with Crippen LogP contribution in [0.5, 0.6) is 11.5 Å². The predicted octanol–water partition coefficient (Wildman–Crippen LogP) is 2.48. The van der Waals surface area contributed by atoms with Crippen LogP contribution in [-0.4, -0.2) is 63.7 Å². The van der Waals surface area contributed by atoms with Gasteiger partial charge in [0.2, 0.25) is 21.8 Å². The number of hydrogen-bond donors (Lipinski definition) is 1. The Bertz CT molecular complexity index is 1170. The molecule has 2 aromatic rings. The lowest BCUT2D eigenvalue weighted by Crippen LogP contribution is -2.51. The first-order valence-electron chi connectivity index (χ1n) is 11.6. The van der Waals surface area contributed by atoms with Gasteiger partial charge in [0.15, 0.2) is 11.5 Å². The molecule has 9 nitrogen and oxygen atoms in total. The van der Waals surface area contributed by atoms with E-state index in [1.54, 1.807) is 25.1 Å². The minimum Gasteiger partial charge on any atom is -0.486 e. The van der Waals surface area contributed by atoms with E-state index >= 15 is 0 Å². The van der Waals surface area contributed by atoms with Crippen molar-refractivity contribution in [3.63, 3.8) is 0 Å². The van der Waals surface area contributed by atoms with Crippen molar-refractivity contribution in [1.29, 1.82) is 0 Å². The van der Waals surface area contributed by atoms with E-state index in [4.69, 9.17) is 9.47 Å². The van der Waals surface area contributed by atoms with Crippen LogP contribution in [0.4, 0.5) is 5.69 Å². The van der Waals surface area contributed by atoms with Gasteiger partial charge in [0.1, 0.15) is 25.8 Å². The summed E-state index contributed by atoms with van der Waals surface area (Å²) < 4.78 is 37.5. The van der Waals surface area contributed by atoms with E-state index in [1.807, 2.05) is 38.1 Å². The Hall–Kier alpha value is -3.27. The largest absolute Gasteiger partial charge is 0.486 e.